The van der Waals surface area contributed by atoms with E-state index in [-0.39, 0.29) is 5.82 Å². The predicted molar refractivity (Wildman–Crippen MR) is 114 cm³/mol. The molecule has 0 bridgehead atoms. The number of piperazine rings is 1. The molecule has 6 heteroatoms. The molecule has 1 aliphatic rings. The monoisotopic (exact) mass is 402 g/mol. The van der Waals surface area contributed by atoms with E-state index in [2.05, 4.69) is 62.4 Å². The van der Waals surface area contributed by atoms with Crippen molar-refractivity contribution >= 4 is 10.8 Å². The third-order valence-electron chi connectivity index (χ3n) is 5.67. The zero-order valence-electron chi connectivity index (χ0n) is 16.7. The summed E-state index contributed by atoms with van der Waals surface area (Å²) in [6.45, 7) is 5.52. The Labute approximate surface area is 174 Å². The number of halogens is 1. The number of nitrogens with zero attached hydrogens (tertiary/aromatic N) is 4. The van der Waals surface area contributed by atoms with Crippen molar-refractivity contribution in [3.05, 3.63) is 84.0 Å². The SMILES string of the molecule is Fc1ccc(-c2noc(CN3CCN(Cc4cccc5ccccc45)CC3)n2)cc1. The highest BCUT2D eigenvalue weighted by Crippen LogP contribution is 2.21. The van der Waals surface area contributed by atoms with E-state index in [0.717, 1.165) is 38.3 Å². The predicted octanol–water partition coefficient (Wildman–Crippen LogP) is 4.35. The lowest BCUT2D eigenvalue weighted by molar-refractivity contribution is 0.112. The molecule has 0 spiro atoms. The lowest BCUT2D eigenvalue weighted by atomic mass is 10.0. The van der Waals surface area contributed by atoms with E-state index in [1.165, 1.54) is 28.5 Å². The van der Waals surface area contributed by atoms with E-state index in [0.29, 0.717) is 18.3 Å². The lowest BCUT2D eigenvalue weighted by Crippen LogP contribution is -2.45. The van der Waals surface area contributed by atoms with Gasteiger partial charge in [-0.15, -0.1) is 0 Å². The highest BCUT2D eigenvalue weighted by molar-refractivity contribution is 5.85. The van der Waals surface area contributed by atoms with E-state index < -0.39 is 0 Å². The molecule has 0 unspecified atom stereocenters. The Morgan fingerprint density at radius 2 is 1.50 bits per heavy atom. The number of hydrogen-bond donors (Lipinski definition) is 0. The molecule has 0 saturated carbocycles. The first-order valence-electron chi connectivity index (χ1n) is 10.2. The molecular weight excluding hydrogens is 379 g/mol. The molecule has 0 amide bonds. The molecule has 5 nitrogen and oxygen atoms in total. The van der Waals surface area contributed by atoms with Crippen LogP contribution in [0.5, 0.6) is 0 Å². The van der Waals surface area contributed by atoms with Crippen molar-refractivity contribution in [3.8, 4) is 11.4 Å². The van der Waals surface area contributed by atoms with Gasteiger partial charge in [-0.2, -0.15) is 4.98 Å². The van der Waals surface area contributed by atoms with Gasteiger partial charge in [-0.05, 0) is 40.6 Å². The van der Waals surface area contributed by atoms with Gasteiger partial charge in [-0.1, -0.05) is 47.6 Å². The molecular formula is C24H23FN4O. The van der Waals surface area contributed by atoms with E-state index in [4.69, 9.17) is 4.52 Å². The molecule has 1 fully saturated rings. The maximum absolute atomic E-state index is 13.1. The van der Waals surface area contributed by atoms with Gasteiger partial charge in [0.05, 0.1) is 6.54 Å². The zero-order valence-corrected chi connectivity index (χ0v) is 16.7. The van der Waals surface area contributed by atoms with Crippen molar-refractivity contribution in [2.45, 2.75) is 13.1 Å². The van der Waals surface area contributed by atoms with Gasteiger partial charge in [-0.3, -0.25) is 9.80 Å². The number of aromatic nitrogens is 2. The van der Waals surface area contributed by atoms with Crippen molar-refractivity contribution < 1.29 is 8.91 Å². The molecule has 4 aromatic rings. The highest BCUT2D eigenvalue weighted by atomic mass is 19.1. The second-order valence-corrected chi connectivity index (χ2v) is 7.71. The number of fused-ring (bicyclic) bond motifs is 1. The maximum atomic E-state index is 13.1. The smallest absolute Gasteiger partial charge is 0.241 e. The minimum atomic E-state index is -0.274. The quantitative estimate of drug-likeness (QED) is 0.497. The van der Waals surface area contributed by atoms with Crippen LogP contribution >= 0.6 is 0 Å². The van der Waals surface area contributed by atoms with Gasteiger partial charge in [0.15, 0.2) is 0 Å². The van der Waals surface area contributed by atoms with Crippen LogP contribution in [0.4, 0.5) is 4.39 Å². The zero-order chi connectivity index (χ0) is 20.3. The molecule has 1 aliphatic heterocycles. The van der Waals surface area contributed by atoms with E-state index in [1.807, 2.05) is 0 Å². The molecule has 0 radical (unpaired) electrons. The Hall–Kier alpha value is -3.09. The van der Waals surface area contributed by atoms with Crippen LogP contribution in [0.25, 0.3) is 22.2 Å². The van der Waals surface area contributed by atoms with Crippen LogP contribution in [0, 0.1) is 5.82 Å². The first-order chi connectivity index (χ1) is 14.7. The lowest BCUT2D eigenvalue weighted by Gasteiger charge is -2.34. The van der Waals surface area contributed by atoms with Gasteiger partial charge in [0.1, 0.15) is 5.82 Å². The fourth-order valence-electron chi connectivity index (χ4n) is 4.00. The Morgan fingerprint density at radius 3 is 2.30 bits per heavy atom. The van der Waals surface area contributed by atoms with Crippen LogP contribution in [0.15, 0.2) is 71.3 Å². The molecule has 2 heterocycles. The maximum Gasteiger partial charge on any atom is 0.241 e. The van der Waals surface area contributed by atoms with Crippen molar-refractivity contribution in [1.29, 1.82) is 0 Å². The van der Waals surface area contributed by atoms with Crippen molar-refractivity contribution in [1.82, 2.24) is 19.9 Å². The largest absolute Gasteiger partial charge is 0.338 e. The first kappa shape index (κ1) is 18.9. The molecule has 1 saturated heterocycles. The molecule has 0 aliphatic carbocycles. The normalized spacial score (nSPS) is 15.6. The molecule has 152 valence electrons. The number of rotatable bonds is 5. The number of benzene rings is 3. The molecule has 3 aromatic carbocycles. The van der Waals surface area contributed by atoms with E-state index in [9.17, 15) is 4.39 Å². The molecule has 0 N–H and O–H groups in total. The standard InChI is InChI=1S/C24H23FN4O/c25-21-10-8-19(9-11-21)24-26-23(30-27-24)17-29-14-12-28(13-15-29)16-20-6-3-5-18-4-1-2-7-22(18)20/h1-11H,12-17H2. The van der Waals surface area contributed by atoms with Crippen molar-refractivity contribution in [2.75, 3.05) is 26.2 Å². The van der Waals surface area contributed by atoms with Crippen LogP contribution in [-0.2, 0) is 13.1 Å². The van der Waals surface area contributed by atoms with Crippen molar-refractivity contribution in [3.63, 3.8) is 0 Å². The van der Waals surface area contributed by atoms with E-state index >= 15 is 0 Å². The van der Waals surface area contributed by atoms with Gasteiger partial charge in [-0.25, -0.2) is 4.39 Å². The van der Waals surface area contributed by atoms with Crippen molar-refractivity contribution in [2.24, 2.45) is 0 Å². The summed E-state index contributed by atoms with van der Waals surface area (Å²) in [5.74, 6) is 0.820. The van der Waals surface area contributed by atoms with Gasteiger partial charge < -0.3 is 4.52 Å². The van der Waals surface area contributed by atoms with Crippen LogP contribution in [-0.4, -0.2) is 46.1 Å². The second kappa shape index (κ2) is 8.34. The minimum absolute atomic E-state index is 0.274. The van der Waals surface area contributed by atoms with Gasteiger partial charge in [0.2, 0.25) is 11.7 Å². The van der Waals surface area contributed by atoms with Crippen LogP contribution in [0.3, 0.4) is 0 Å². The summed E-state index contributed by atoms with van der Waals surface area (Å²) in [4.78, 5) is 9.30. The molecule has 1 aromatic heterocycles. The summed E-state index contributed by atoms with van der Waals surface area (Å²) in [6, 6.07) is 21.2. The summed E-state index contributed by atoms with van der Waals surface area (Å²) in [5.41, 5.74) is 2.13. The molecule has 30 heavy (non-hydrogen) atoms. The second-order valence-electron chi connectivity index (χ2n) is 7.71. The fraction of sp³-hybridized carbons (Fsp3) is 0.250. The Kier molecular flexibility index (Phi) is 5.26. The topological polar surface area (TPSA) is 45.4 Å². The molecule has 0 atom stereocenters. The fourth-order valence-corrected chi connectivity index (χ4v) is 4.00. The van der Waals surface area contributed by atoms with E-state index in [1.54, 1.807) is 12.1 Å². The Balaban J connectivity index is 1.18. The first-order valence-corrected chi connectivity index (χ1v) is 10.2. The summed E-state index contributed by atoms with van der Waals surface area (Å²) in [5, 5.41) is 6.66. The highest BCUT2D eigenvalue weighted by Gasteiger charge is 2.20. The average Bonchev–Trinajstić information content (AvgIpc) is 3.24. The average molecular weight is 402 g/mol. The summed E-state index contributed by atoms with van der Waals surface area (Å²) < 4.78 is 18.5. The van der Waals surface area contributed by atoms with Crippen LogP contribution in [0.2, 0.25) is 0 Å². The third kappa shape index (κ3) is 4.10. The summed E-state index contributed by atoms with van der Waals surface area (Å²) >= 11 is 0. The van der Waals surface area contributed by atoms with Crippen LogP contribution in [0.1, 0.15) is 11.5 Å². The van der Waals surface area contributed by atoms with Gasteiger partial charge >= 0.3 is 0 Å². The third-order valence-corrected chi connectivity index (χ3v) is 5.67. The summed E-state index contributed by atoms with van der Waals surface area (Å²) in [7, 11) is 0. The number of hydrogen-bond acceptors (Lipinski definition) is 5. The van der Waals surface area contributed by atoms with Gasteiger partial charge in [0, 0.05) is 38.3 Å². The Bertz CT molecular complexity index is 1130. The summed E-state index contributed by atoms with van der Waals surface area (Å²) in [6.07, 6.45) is 0. The van der Waals surface area contributed by atoms with Crippen LogP contribution < -0.4 is 0 Å². The molecule has 5 rings (SSSR count). The minimum Gasteiger partial charge on any atom is -0.338 e. The van der Waals surface area contributed by atoms with Gasteiger partial charge in [0.25, 0.3) is 0 Å². The Morgan fingerprint density at radius 1 is 0.800 bits per heavy atom.